The third kappa shape index (κ3) is 4.44. The number of hydrogen-bond donors (Lipinski definition) is 2. The van der Waals surface area contributed by atoms with E-state index in [0.29, 0.717) is 41.5 Å². The van der Waals surface area contributed by atoms with Gasteiger partial charge in [0.25, 0.3) is 5.91 Å². The van der Waals surface area contributed by atoms with Crippen molar-refractivity contribution in [3.8, 4) is 23.2 Å². The number of nitrogens with zero attached hydrogens (tertiary/aromatic N) is 5. The molecule has 178 valence electrons. The van der Waals surface area contributed by atoms with Crippen LogP contribution in [0.15, 0.2) is 42.5 Å². The molecule has 11 nitrogen and oxygen atoms in total. The first-order valence-electron chi connectivity index (χ1n) is 11.0. The normalized spacial score (nSPS) is 16.8. The molecule has 1 saturated heterocycles. The SMILES string of the molecule is Cn1c(C(=O)Nc2ccc(C#N)cc2-c2nn[nH]n2)cc2cccc(OC[C@H]3COC(C)(C)O3)c21. The van der Waals surface area contributed by atoms with Crippen LogP contribution in [0.25, 0.3) is 22.3 Å². The van der Waals surface area contributed by atoms with Gasteiger partial charge in [0.2, 0.25) is 5.82 Å². The van der Waals surface area contributed by atoms with Crippen LogP contribution in [0.2, 0.25) is 0 Å². The molecule has 0 aliphatic carbocycles. The molecule has 1 amide bonds. The predicted molar refractivity (Wildman–Crippen MR) is 126 cm³/mol. The molecule has 11 heteroatoms. The van der Waals surface area contributed by atoms with Crippen molar-refractivity contribution in [1.82, 2.24) is 25.2 Å². The zero-order valence-electron chi connectivity index (χ0n) is 19.4. The molecule has 4 aromatic rings. The van der Waals surface area contributed by atoms with E-state index in [9.17, 15) is 10.1 Å². The van der Waals surface area contributed by atoms with Crippen molar-refractivity contribution < 1.29 is 19.0 Å². The summed E-state index contributed by atoms with van der Waals surface area (Å²) in [5, 5.41) is 26.9. The number of carbonyl (C=O) groups excluding carboxylic acids is 1. The second-order valence-corrected chi connectivity index (χ2v) is 8.61. The summed E-state index contributed by atoms with van der Waals surface area (Å²) in [6.07, 6.45) is -0.178. The lowest BCUT2D eigenvalue weighted by molar-refractivity contribution is -0.141. The average Bonchev–Trinajstić information content (AvgIpc) is 3.57. The van der Waals surface area contributed by atoms with Gasteiger partial charge in [-0.25, -0.2) is 0 Å². The van der Waals surface area contributed by atoms with Gasteiger partial charge in [-0.2, -0.15) is 10.5 Å². The van der Waals surface area contributed by atoms with Crippen LogP contribution >= 0.6 is 0 Å². The van der Waals surface area contributed by atoms with Gasteiger partial charge in [0, 0.05) is 18.0 Å². The number of rotatable bonds is 6. The van der Waals surface area contributed by atoms with Crippen molar-refractivity contribution in [2.45, 2.75) is 25.7 Å². The Morgan fingerprint density at radius 2 is 2.20 bits per heavy atom. The number of H-pyrrole nitrogens is 1. The maximum Gasteiger partial charge on any atom is 0.272 e. The zero-order chi connectivity index (χ0) is 24.6. The summed E-state index contributed by atoms with van der Waals surface area (Å²) in [5.74, 6) is -0.0461. The highest BCUT2D eigenvalue weighted by atomic mass is 16.7. The number of carbonyl (C=O) groups is 1. The second kappa shape index (κ2) is 8.83. The Balaban J connectivity index is 1.41. The minimum absolute atomic E-state index is 0.178. The van der Waals surface area contributed by atoms with Crippen LogP contribution in [0, 0.1) is 11.3 Å². The predicted octanol–water partition coefficient (Wildman–Crippen LogP) is 3.01. The van der Waals surface area contributed by atoms with E-state index in [2.05, 4.69) is 32.0 Å². The molecule has 1 fully saturated rings. The molecule has 0 unspecified atom stereocenters. The molecule has 1 aliphatic rings. The number of ether oxygens (including phenoxy) is 3. The summed E-state index contributed by atoms with van der Waals surface area (Å²) in [4.78, 5) is 13.3. The number of para-hydroxylation sites is 1. The molecule has 2 N–H and O–H groups in total. The van der Waals surface area contributed by atoms with Crippen LogP contribution in [-0.2, 0) is 16.5 Å². The van der Waals surface area contributed by atoms with Gasteiger partial charge in [-0.15, -0.1) is 10.2 Å². The number of aromatic amines is 1. The molecular formula is C24H23N7O4. The van der Waals surface area contributed by atoms with Crippen molar-refractivity contribution in [1.29, 1.82) is 5.26 Å². The van der Waals surface area contributed by atoms with E-state index in [1.54, 1.807) is 35.9 Å². The number of fused-ring (bicyclic) bond motifs is 1. The van der Waals surface area contributed by atoms with Crippen LogP contribution in [0.4, 0.5) is 5.69 Å². The fourth-order valence-corrected chi connectivity index (χ4v) is 4.11. The van der Waals surface area contributed by atoms with Crippen LogP contribution in [-0.4, -0.2) is 56.2 Å². The van der Waals surface area contributed by atoms with E-state index in [4.69, 9.17) is 14.2 Å². The number of hydrogen-bond acceptors (Lipinski definition) is 8. The number of amides is 1. The quantitative estimate of drug-likeness (QED) is 0.435. The second-order valence-electron chi connectivity index (χ2n) is 8.61. The average molecular weight is 473 g/mol. The molecule has 35 heavy (non-hydrogen) atoms. The Bertz CT molecular complexity index is 1440. The highest BCUT2D eigenvalue weighted by molar-refractivity contribution is 6.08. The fourth-order valence-electron chi connectivity index (χ4n) is 4.11. The van der Waals surface area contributed by atoms with Crippen molar-refractivity contribution in [2.75, 3.05) is 18.5 Å². The summed E-state index contributed by atoms with van der Waals surface area (Å²) in [6, 6.07) is 14.4. The van der Waals surface area contributed by atoms with Crippen molar-refractivity contribution in [3.63, 3.8) is 0 Å². The van der Waals surface area contributed by atoms with Gasteiger partial charge < -0.3 is 24.1 Å². The number of benzene rings is 2. The minimum atomic E-state index is -0.623. The Kier molecular flexibility index (Phi) is 5.68. The Morgan fingerprint density at radius 1 is 1.34 bits per heavy atom. The molecule has 0 spiro atoms. The third-order valence-electron chi connectivity index (χ3n) is 5.73. The number of tetrazole rings is 1. The first-order chi connectivity index (χ1) is 16.8. The van der Waals surface area contributed by atoms with E-state index in [1.165, 1.54) is 0 Å². The van der Waals surface area contributed by atoms with Gasteiger partial charge in [0.05, 0.1) is 29.4 Å². The number of nitrogens with one attached hydrogen (secondary N) is 2. The highest BCUT2D eigenvalue weighted by Crippen LogP contribution is 2.31. The summed E-state index contributed by atoms with van der Waals surface area (Å²) in [5.41, 5.74) is 2.57. The number of anilines is 1. The van der Waals surface area contributed by atoms with Crippen LogP contribution in [0.5, 0.6) is 5.75 Å². The van der Waals surface area contributed by atoms with Gasteiger partial charge >= 0.3 is 0 Å². The minimum Gasteiger partial charge on any atom is -0.489 e. The largest absolute Gasteiger partial charge is 0.489 e. The van der Waals surface area contributed by atoms with Crippen LogP contribution in [0.1, 0.15) is 29.9 Å². The van der Waals surface area contributed by atoms with Crippen LogP contribution in [0.3, 0.4) is 0 Å². The van der Waals surface area contributed by atoms with Crippen molar-refractivity contribution in [2.24, 2.45) is 7.05 Å². The molecule has 2 aromatic carbocycles. The highest BCUT2D eigenvalue weighted by Gasteiger charge is 2.33. The smallest absolute Gasteiger partial charge is 0.272 e. The maximum atomic E-state index is 13.3. The lowest BCUT2D eigenvalue weighted by atomic mass is 10.1. The third-order valence-corrected chi connectivity index (χ3v) is 5.73. The van der Waals surface area contributed by atoms with Gasteiger partial charge in [-0.1, -0.05) is 12.1 Å². The monoisotopic (exact) mass is 473 g/mol. The van der Waals surface area contributed by atoms with Gasteiger partial charge in [0.15, 0.2) is 5.79 Å². The Hall–Kier alpha value is -4.27. The fraction of sp³-hybridized carbons (Fsp3) is 0.292. The topological polar surface area (TPSA) is 140 Å². The van der Waals surface area contributed by atoms with Crippen molar-refractivity contribution in [3.05, 3.63) is 53.7 Å². The summed E-state index contributed by atoms with van der Waals surface area (Å²) in [7, 11) is 1.81. The van der Waals surface area contributed by atoms with Crippen molar-refractivity contribution >= 4 is 22.5 Å². The molecule has 0 radical (unpaired) electrons. The summed E-state index contributed by atoms with van der Waals surface area (Å²) >= 11 is 0. The van der Waals surface area contributed by atoms with Gasteiger partial charge in [-0.05, 0) is 49.4 Å². The molecule has 0 bridgehead atoms. The number of nitriles is 1. The first kappa shape index (κ1) is 22.5. The molecular weight excluding hydrogens is 450 g/mol. The molecule has 3 heterocycles. The standard InChI is InChI=1S/C24H23N7O4/c1-24(2)34-13-16(35-24)12-33-20-6-4-5-15-10-19(31(3)21(15)20)23(32)26-18-8-7-14(11-25)9-17(18)22-27-29-30-28-22/h4-10,16H,12-13H2,1-3H3,(H,26,32)(H,27,28,29,30)/t16-/m0/s1. The molecule has 0 saturated carbocycles. The van der Waals surface area contributed by atoms with E-state index < -0.39 is 5.79 Å². The van der Waals surface area contributed by atoms with Gasteiger partial charge in [0.1, 0.15) is 24.2 Å². The lowest BCUT2D eigenvalue weighted by Crippen LogP contribution is -2.25. The number of aryl methyl sites for hydroxylation is 1. The lowest BCUT2D eigenvalue weighted by Gasteiger charge is -2.17. The van der Waals surface area contributed by atoms with E-state index in [-0.39, 0.29) is 17.8 Å². The Morgan fingerprint density at radius 3 is 2.91 bits per heavy atom. The maximum absolute atomic E-state index is 13.3. The van der Waals surface area contributed by atoms with E-state index >= 15 is 0 Å². The van der Waals surface area contributed by atoms with Crippen LogP contribution < -0.4 is 10.1 Å². The Labute approximate surface area is 200 Å². The molecule has 1 atom stereocenters. The molecule has 2 aromatic heterocycles. The zero-order valence-corrected chi connectivity index (χ0v) is 19.4. The number of aromatic nitrogens is 5. The summed E-state index contributed by atoms with van der Waals surface area (Å²) < 4.78 is 19.3. The van der Waals surface area contributed by atoms with Gasteiger partial charge in [-0.3, -0.25) is 4.79 Å². The molecule has 1 aliphatic heterocycles. The van der Waals surface area contributed by atoms with E-state index in [0.717, 1.165) is 10.9 Å². The van der Waals surface area contributed by atoms with E-state index in [1.807, 2.05) is 32.0 Å². The molecule has 5 rings (SSSR count). The summed E-state index contributed by atoms with van der Waals surface area (Å²) in [6.45, 7) is 4.52. The first-order valence-corrected chi connectivity index (χ1v) is 11.0.